The Bertz CT molecular complexity index is 616. The van der Waals surface area contributed by atoms with Gasteiger partial charge in [0.25, 0.3) is 0 Å². The van der Waals surface area contributed by atoms with E-state index in [0.717, 1.165) is 11.1 Å². The molecule has 0 aliphatic heterocycles. The van der Waals surface area contributed by atoms with E-state index in [-0.39, 0.29) is 11.9 Å². The number of aliphatic hydroxyl groups excluding tert-OH is 1. The van der Waals surface area contributed by atoms with Gasteiger partial charge in [0.2, 0.25) is 0 Å². The summed E-state index contributed by atoms with van der Waals surface area (Å²) in [7, 11) is 0. The van der Waals surface area contributed by atoms with E-state index < -0.39 is 11.6 Å². The van der Waals surface area contributed by atoms with Crippen molar-refractivity contribution in [2.75, 3.05) is 6.54 Å². The fraction of sp³-hybridized carbons (Fsp3) is 0.368. The van der Waals surface area contributed by atoms with Crippen molar-refractivity contribution >= 4 is 0 Å². The first-order valence-corrected chi connectivity index (χ1v) is 7.87. The standard InChI is InChI=1S/C19H25FN2O/c1-19(2,15-9-6-10-16(20)12-15)22-13-18(23)17(21)11-14-7-4-3-5-8-14/h3-10,12,17-18,22-23H,11,13,21H2,1-2H3/t17-,18+/m0/s1. The molecule has 0 aliphatic rings. The number of hydrogen-bond donors (Lipinski definition) is 3. The zero-order valence-corrected chi connectivity index (χ0v) is 13.7. The van der Waals surface area contributed by atoms with E-state index in [9.17, 15) is 9.50 Å². The highest BCUT2D eigenvalue weighted by molar-refractivity contribution is 5.23. The zero-order chi connectivity index (χ0) is 16.9. The van der Waals surface area contributed by atoms with Crippen LogP contribution in [0.4, 0.5) is 4.39 Å². The molecule has 23 heavy (non-hydrogen) atoms. The van der Waals surface area contributed by atoms with Gasteiger partial charge in [0, 0.05) is 18.1 Å². The molecule has 2 atom stereocenters. The SMILES string of the molecule is CC(C)(NC[C@@H](O)[C@@H](N)Cc1ccccc1)c1cccc(F)c1. The fourth-order valence-electron chi connectivity index (χ4n) is 2.51. The summed E-state index contributed by atoms with van der Waals surface area (Å²) in [6, 6.07) is 16.0. The number of nitrogens with two attached hydrogens (primary N) is 1. The van der Waals surface area contributed by atoms with Gasteiger partial charge < -0.3 is 16.2 Å². The van der Waals surface area contributed by atoms with Crippen LogP contribution in [0.2, 0.25) is 0 Å². The molecule has 124 valence electrons. The minimum atomic E-state index is -0.678. The molecule has 0 saturated carbocycles. The predicted octanol–water partition coefficient (Wildman–Crippen LogP) is 2.58. The van der Waals surface area contributed by atoms with Crippen LogP contribution in [-0.4, -0.2) is 23.8 Å². The summed E-state index contributed by atoms with van der Waals surface area (Å²) in [5.74, 6) is -0.265. The van der Waals surface area contributed by atoms with Crippen molar-refractivity contribution in [3.8, 4) is 0 Å². The maximum Gasteiger partial charge on any atom is 0.123 e. The molecular weight excluding hydrogens is 291 g/mol. The summed E-state index contributed by atoms with van der Waals surface area (Å²) < 4.78 is 13.4. The van der Waals surface area contributed by atoms with E-state index in [4.69, 9.17) is 5.73 Å². The Morgan fingerprint density at radius 1 is 1.13 bits per heavy atom. The van der Waals surface area contributed by atoms with Gasteiger partial charge in [0.1, 0.15) is 5.82 Å². The molecule has 0 radical (unpaired) electrons. The Kier molecular flexibility index (Phi) is 5.88. The molecule has 3 nitrogen and oxygen atoms in total. The van der Waals surface area contributed by atoms with Gasteiger partial charge in [0.05, 0.1) is 6.10 Å². The third-order valence-electron chi connectivity index (χ3n) is 4.11. The van der Waals surface area contributed by atoms with Crippen molar-refractivity contribution in [3.05, 3.63) is 71.5 Å². The van der Waals surface area contributed by atoms with Gasteiger partial charge in [-0.1, -0.05) is 42.5 Å². The highest BCUT2D eigenvalue weighted by Crippen LogP contribution is 2.20. The third kappa shape index (κ3) is 5.13. The Balaban J connectivity index is 1.91. The Morgan fingerprint density at radius 2 is 1.83 bits per heavy atom. The van der Waals surface area contributed by atoms with Crippen molar-refractivity contribution in [2.45, 2.75) is 38.0 Å². The molecule has 4 heteroatoms. The van der Waals surface area contributed by atoms with Gasteiger partial charge in [-0.15, -0.1) is 0 Å². The average molecular weight is 316 g/mol. The third-order valence-corrected chi connectivity index (χ3v) is 4.11. The van der Waals surface area contributed by atoms with Crippen LogP contribution in [0.5, 0.6) is 0 Å². The lowest BCUT2D eigenvalue weighted by molar-refractivity contribution is 0.131. The highest BCUT2D eigenvalue weighted by Gasteiger charge is 2.23. The second-order valence-corrected chi connectivity index (χ2v) is 6.44. The molecule has 0 aromatic heterocycles. The molecule has 0 spiro atoms. The van der Waals surface area contributed by atoms with Crippen LogP contribution in [0.3, 0.4) is 0 Å². The van der Waals surface area contributed by atoms with E-state index in [1.165, 1.54) is 12.1 Å². The number of nitrogens with one attached hydrogen (secondary N) is 1. The molecule has 0 bridgehead atoms. The maximum absolute atomic E-state index is 13.4. The van der Waals surface area contributed by atoms with Gasteiger partial charge in [-0.05, 0) is 43.5 Å². The van der Waals surface area contributed by atoms with Crippen LogP contribution in [0, 0.1) is 5.82 Å². The van der Waals surface area contributed by atoms with Crippen LogP contribution in [-0.2, 0) is 12.0 Å². The normalized spacial score (nSPS) is 14.5. The Hall–Kier alpha value is -1.75. The molecule has 2 aromatic carbocycles. The van der Waals surface area contributed by atoms with E-state index in [2.05, 4.69) is 5.32 Å². The van der Waals surface area contributed by atoms with E-state index >= 15 is 0 Å². The van der Waals surface area contributed by atoms with Crippen LogP contribution in [0.25, 0.3) is 0 Å². The minimum absolute atomic E-state index is 0.265. The van der Waals surface area contributed by atoms with Crippen molar-refractivity contribution < 1.29 is 9.50 Å². The smallest absolute Gasteiger partial charge is 0.123 e. The number of rotatable bonds is 7. The second kappa shape index (κ2) is 7.68. The molecule has 2 rings (SSSR count). The second-order valence-electron chi connectivity index (χ2n) is 6.44. The number of aliphatic hydroxyl groups is 1. The first-order valence-electron chi connectivity index (χ1n) is 7.87. The van der Waals surface area contributed by atoms with Gasteiger partial charge in [-0.25, -0.2) is 4.39 Å². The van der Waals surface area contributed by atoms with Crippen LogP contribution < -0.4 is 11.1 Å². The lowest BCUT2D eigenvalue weighted by Gasteiger charge is -2.30. The van der Waals surface area contributed by atoms with Crippen LogP contribution in [0.15, 0.2) is 54.6 Å². The quantitative estimate of drug-likeness (QED) is 0.736. The molecule has 0 unspecified atom stereocenters. The molecule has 0 heterocycles. The van der Waals surface area contributed by atoms with Crippen LogP contribution in [0.1, 0.15) is 25.0 Å². The van der Waals surface area contributed by atoms with Crippen molar-refractivity contribution in [1.82, 2.24) is 5.32 Å². The highest BCUT2D eigenvalue weighted by atomic mass is 19.1. The average Bonchev–Trinajstić information content (AvgIpc) is 2.53. The predicted molar refractivity (Wildman–Crippen MR) is 91.6 cm³/mol. The van der Waals surface area contributed by atoms with Gasteiger partial charge in [-0.2, -0.15) is 0 Å². The van der Waals surface area contributed by atoms with Crippen molar-refractivity contribution in [3.63, 3.8) is 0 Å². The lowest BCUT2D eigenvalue weighted by atomic mass is 9.93. The minimum Gasteiger partial charge on any atom is -0.390 e. The van der Waals surface area contributed by atoms with Crippen molar-refractivity contribution in [2.24, 2.45) is 5.73 Å². The van der Waals surface area contributed by atoms with Crippen LogP contribution >= 0.6 is 0 Å². The number of hydrogen-bond acceptors (Lipinski definition) is 3. The summed E-state index contributed by atoms with van der Waals surface area (Å²) in [6.07, 6.45) is -0.0626. The molecule has 0 amide bonds. The first-order chi connectivity index (χ1) is 10.9. The maximum atomic E-state index is 13.4. The van der Waals surface area contributed by atoms with Crippen molar-refractivity contribution in [1.29, 1.82) is 0 Å². The topological polar surface area (TPSA) is 58.3 Å². The number of benzene rings is 2. The molecule has 2 aromatic rings. The summed E-state index contributed by atoms with van der Waals surface area (Å²) in [5.41, 5.74) is 7.58. The van der Waals surface area contributed by atoms with E-state index in [0.29, 0.717) is 13.0 Å². The summed E-state index contributed by atoms with van der Waals surface area (Å²) in [6.45, 7) is 4.26. The van der Waals surface area contributed by atoms with E-state index in [1.54, 1.807) is 6.07 Å². The molecule has 0 aliphatic carbocycles. The number of halogens is 1. The molecule has 0 saturated heterocycles. The molecular formula is C19H25FN2O. The monoisotopic (exact) mass is 316 g/mol. The summed E-state index contributed by atoms with van der Waals surface area (Å²) in [5, 5.41) is 13.6. The molecule has 4 N–H and O–H groups in total. The van der Waals surface area contributed by atoms with Gasteiger partial charge >= 0.3 is 0 Å². The molecule has 0 fully saturated rings. The zero-order valence-electron chi connectivity index (χ0n) is 13.7. The fourth-order valence-corrected chi connectivity index (χ4v) is 2.51. The summed E-state index contributed by atoms with van der Waals surface area (Å²) in [4.78, 5) is 0. The summed E-state index contributed by atoms with van der Waals surface area (Å²) >= 11 is 0. The lowest BCUT2D eigenvalue weighted by Crippen LogP contribution is -2.48. The van der Waals surface area contributed by atoms with E-state index in [1.807, 2.05) is 50.2 Å². The first kappa shape index (κ1) is 17.6. The van der Waals surface area contributed by atoms with Gasteiger partial charge in [-0.3, -0.25) is 0 Å². The largest absolute Gasteiger partial charge is 0.390 e. The van der Waals surface area contributed by atoms with Gasteiger partial charge in [0.15, 0.2) is 0 Å². The Morgan fingerprint density at radius 3 is 2.48 bits per heavy atom. The Labute approximate surface area is 137 Å².